The molecule has 0 radical (unpaired) electrons. The van der Waals surface area contributed by atoms with Gasteiger partial charge in [0, 0.05) is 24.6 Å². The lowest BCUT2D eigenvalue weighted by atomic mass is 9.75. The van der Waals surface area contributed by atoms with Crippen LogP contribution in [0.15, 0.2) is 24.3 Å². The molecular weight excluding hydrogens is 234 g/mol. The smallest absolute Gasteiger partial charge is 0.122 e. The van der Waals surface area contributed by atoms with Crippen LogP contribution in [0.4, 0.5) is 0 Å². The van der Waals surface area contributed by atoms with E-state index in [1.165, 1.54) is 37.7 Å². The summed E-state index contributed by atoms with van der Waals surface area (Å²) in [5.41, 5.74) is 1.90. The van der Waals surface area contributed by atoms with Crippen LogP contribution in [0.5, 0.6) is 5.75 Å². The summed E-state index contributed by atoms with van der Waals surface area (Å²) in [6.07, 6.45) is 7.02. The molecule has 0 amide bonds. The lowest BCUT2D eigenvalue weighted by Gasteiger charge is -2.34. The lowest BCUT2D eigenvalue weighted by Crippen LogP contribution is -2.35. The first-order valence-electron chi connectivity index (χ1n) is 7.69. The highest BCUT2D eigenvalue weighted by Crippen LogP contribution is 2.36. The second kappa shape index (κ2) is 5.54. The van der Waals surface area contributed by atoms with Crippen LogP contribution in [-0.4, -0.2) is 19.7 Å². The quantitative estimate of drug-likeness (QED) is 0.889. The van der Waals surface area contributed by atoms with E-state index < -0.39 is 0 Å². The minimum absolute atomic E-state index is 0.525. The summed E-state index contributed by atoms with van der Waals surface area (Å²) in [5.74, 6) is 1.61. The lowest BCUT2D eigenvalue weighted by molar-refractivity contribution is 0.205. The van der Waals surface area contributed by atoms with E-state index in [0.29, 0.717) is 11.3 Å². The molecular formula is C17H25NO. The topological polar surface area (TPSA) is 21.3 Å². The first kappa shape index (κ1) is 13.0. The van der Waals surface area contributed by atoms with E-state index in [1.807, 2.05) is 0 Å². The van der Waals surface area contributed by atoms with Crippen LogP contribution in [0.3, 0.4) is 0 Å². The number of nitrogens with one attached hydrogen (secondary N) is 1. The molecule has 1 atom stereocenters. The summed E-state index contributed by atoms with van der Waals surface area (Å²) in [6.45, 7) is 5.49. The molecule has 0 spiro atoms. The second-order valence-electron chi connectivity index (χ2n) is 6.55. The third kappa shape index (κ3) is 2.94. The number of hydrogen-bond donors (Lipinski definition) is 1. The van der Waals surface area contributed by atoms with Gasteiger partial charge >= 0.3 is 0 Å². The van der Waals surface area contributed by atoms with Gasteiger partial charge < -0.3 is 10.1 Å². The Morgan fingerprint density at radius 1 is 1.21 bits per heavy atom. The van der Waals surface area contributed by atoms with Gasteiger partial charge in [0.15, 0.2) is 0 Å². The van der Waals surface area contributed by atoms with Crippen molar-refractivity contribution < 1.29 is 4.74 Å². The molecule has 2 nitrogen and oxygen atoms in total. The molecule has 1 unspecified atom stereocenters. The van der Waals surface area contributed by atoms with Gasteiger partial charge in [0.25, 0.3) is 0 Å². The Morgan fingerprint density at radius 2 is 2.00 bits per heavy atom. The van der Waals surface area contributed by atoms with Crippen molar-refractivity contribution in [1.82, 2.24) is 5.32 Å². The molecule has 2 heteroatoms. The van der Waals surface area contributed by atoms with Crippen molar-refractivity contribution in [2.75, 3.05) is 19.7 Å². The van der Waals surface area contributed by atoms with Crippen molar-refractivity contribution in [3.63, 3.8) is 0 Å². The molecule has 1 saturated carbocycles. The summed E-state index contributed by atoms with van der Waals surface area (Å²) < 4.78 is 5.74. The van der Waals surface area contributed by atoms with E-state index in [0.717, 1.165) is 25.4 Å². The predicted molar refractivity (Wildman–Crippen MR) is 78.7 cm³/mol. The summed E-state index contributed by atoms with van der Waals surface area (Å²) in [7, 11) is 0. The monoisotopic (exact) mass is 259 g/mol. The van der Waals surface area contributed by atoms with Gasteiger partial charge in [-0.05, 0) is 24.3 Å². The Labute approximate surface area is 116 Å². The first-order chi connectivity index (χ1) is 9.27. The molecule has 1 fully saturated rings. The Hall–Kier alpha value is -1.02. The Morgan fingerprint density at radius 3 is 2.84 bits per heavy atom. The first-order valence-corrected chi connectivity index (χ1v) is 7.69. The average molecular weight is 259 g/mol. The maximum atomic E-state index is 5.74. The van der Waals surface area contributed by atoms with E-state index in [-0.39, 0.29) is 0 Å². The molecule has 2 aliphatic rings. The summed E-state index contributed by atoms with van der Waals surface area (Å²) in [6, 6.07) is 8.45. The van der Waals surface area contributed by atoms with Crippen molar-refractivity contribution in [1.29, 1.82) is 0 Å². The van der Waals surface area contributed by atoms with Crippen molar-refractivity contribution in [3.05, 3.63) is 29.8 Å². The van der Waals surface area contributed by atoms with Crippen LogP contribution < -0.4 is 10.1 Å². The van der Waals surface area contributed by atoms with Crippen molar-refractivity contribution in [2.45, 2.75) is 44.9 Å². The summed E-state index contributed by atoms with van der Waals surface area (Å²) in [4.78, 5) is 0. The largest absolute Gasteiger partial charge is 0.493 e. The molecule has 1 aromatic carbocycles. The molecule has 0 saturated heterocycles. The molecule has 1 aliphatic carbocycles. The fraction of sp³-hybridized carbons (Fsp3) is 0.647. The minimum Gasteiger partial charge on any atom is -0.493 e. The van der Waals surface area contributed by atoms with Crippen molar-refractivity contribution >= 4 is 0 Å². The third-order valence-corrected chi connectivity index (χ3v) is 4.80. The highest BCUT2D eigenvalue weighted by molar-refractivity contribution is 5.39. The second-order valence-corrected chi connectivity index (χ2v) is 6.55. The Bertz CT molecular complexity index is 423. The number of ether oxygens (including phenoxy) is 1. The molecule has 1 aliphatic heterocycles. The van der Waals surface area contributed by atoms with Gasteiger partial charge in [-0.2, -0.15) is 0 Å². The van der Waals surface area contributed by atoms with Gasteiger partial charge in [0.1, 0.15) is 5.75 Å². The number of benzene rings is 1. The van der Waals surface area contributed by atoms with E-state index >= 15 is 0 Å². The third-order valence-electron chi connectivity index (χ3n) is 4.80. The average Bonchev–Trinajstić information content (AvgIpc) is 2.83. The van der Waals surface area contributed by atoms with Crippen LogP contribution in [0.2, 0.25) is 0 Å². The fourth-order valence-electron chi connectivity index (χ4n) is 3.53. The molecule has 1 aromatic rings. The molecule has 1 heterocycles. The zero-order valence-electron chi connectivity index (χ0n) is 12.0. The molecule has 3 rings (SSSR count). The molecule has 0 bridgehead atoms. The zero-order valence-corrected chi connectivity index (χ0v) is 12.0. The molecule has 104 valence electrons. The van der Waals surface area contributed by atoms with Crippen LogP contribution in [-0.2, 0) is 0 Å². The zero-order chi connectivity index (χ0) is 13.1. The van der Waals surface area contributed by atoms with Crippen molar-refractivity contribution in [3.8, 4) is 5.75 Å². The van der Waals surface area contributed by atoms with E-state index in [4.69, 9.17) is 4.74 Å². The summed E-state index contributed by atoms with van der Waals surface area (Å²) in [5, 5.41) is 3.70. The minimum atomic E-state index is 0.525. The van der Waals surface area contributed by atoms with Crippen LogP contribution >= 0.6 is 0 Å². The maximum Gasteiger partial charge on any atom is 0.122 e. The normalized spacial score (nSPS) is 24.8. The SMILES string of the molecule is CC1(CNCC2COc3ccccc32)CCCCC1. The van der Waals surface area contributed by atoms with Crippen molar-refractivity contribution in [2.24, 2.45) is 5.41 Å². The van der Waals surface area contributed by atoms with Gasteiger partial charge in [-0.15, -0.1) is 0 Å². The van der Waals surface area contributed by atoms with Gasteiger partial charge in [-0.1, -0.05) is 44.4 Å². The van der Waals surface area contributed by atoms with Gasteiger partial charge in [0.2, 0.25) is 0 Å². The molecule has 19 heavy (non-hydrogen) atoms. The molecule has 1 N–H and O–H groups in total. The van der Waals surface area contributed by atoms with Gasteiger partial charge in [0.05, 0.1) is 6.61 Å². The Balaban J connectivity index is 1.51. The maximum absolute atomic E-state index is 5.74. The van der Waals surface area contributed by atoms with Gasteiger partial charge in [-0.25, -0.2) is 0 Å². The Kier molecular flexibility index (Phi) is 3.79. The number of hydrogen-bond acceptors (Lipinski definition) is 2. The number of fused-ring (bicyclic) bond motifs is 1. The highest BCUT2D eigenvalue weighted by atomic mass is 16.5. The predicted octanol–water partition coefficient (Wildman–Crippen LogP) is 3.72. The van der Waals surface area contributed by atoms with E-state index in [2.05, 4.69) is 36.5 Å². The molecule has 0 aromatic heterocycles. The van der Waals surface area contributed by atoms with E-state index in [1.54, 1.807) is 0 Å². The summed E-state index contributed by atoms with van der Waals surface area (Å²) >= 11 is 0. The van der Waals surface area contributed by atoms with Crippen LogP contribution in [0, 0.1) is 5.41 Å². The number of rotatable bonds is 4. The standard InChI is InChI=1S/C17H25NO/c1-17(9-5-2-6-10-17)13-18-11-14-12-19-16-8-4-3-7-15(14)16/h3-4,7-8,14,18H,2,5-6,9-13H2,1H3. The van der Waals surface area contributed by atoms with Gasteiger partial charge in [-0.3, -0.25) is 0 Å². The number of para-hydroxylation sites is 1. The van der Waals surface area contributed by atoms with E-state index in [9.17, 15) is 0 Å². The highest BCUT2D eigenvalue weighted by Gasteiger charge is 2.28. The van der Waals surface area contributed by atoms with Crippen LogP contribution in [0.25, 0.3) is 0 Å². The fourth-order valence-corrected chi connectivity index (χ4v) is 3.53. The van der Waals surface area contributed by atoms with Crippen LogP contribution in [0.1, 0.15) is 50.5 Å².